The molecule has 1 aromatic carbocycles. The van der Waals surface area contributed by atoms with E-state index in [0.29, 0.717) is 5.56 Å². The van der Waals surface area contributed by atoms with Crippen LogP contribution in [0, 0.1) is 0 Å². The molecule has 5 heteroatoms. The van der Waals surface area contributed by atoms with Crippen LogP contribution in [0.5, 0.6) is 0 Å². The highest BCUT2D eigenvalue weighted by Gasteiger charge is 2.31. The molecule has 0 fully saturated rings. The summed E-state index contributed by atoms with van der Waals surface area (Å²) in [7, 11) is 0. The van der Waals surface area contributed by atoms with Crippen LogP contribution in [-0.2, 0) is 10.3 Å². The van der Waals surface area contributed by atoms with Gasteiger partial charge in [0.1, 0.15) is 5.54 Å². The van der Waals surface area contributed by atoms with Gasteiger partial charge in [-0.15, -0.1) is 0 Å². The topological polar surface area (TPSA) is 95.6 Å². The smallest absolute Gasteiger partial charge is 0.244 e. The lowest BCUT2D eigenvalue weighted by Gasteiger charge is -2.26. The van der Waals surface area contributed by atoms with Gasteiger partial charge in [0.15, 0.2) is 0 Å². The van der Waals surface area contributed by atoms with Gasteiger partial charge < -0.3 is 21.3 Å². The van der Waals surface area contributed by atoms with E-state index < -0.39 is 17.5 Å². The molecular weight excluding hydrogens is 220 g/mol. The first-order valence-electron chi connectivity index (χ1n) is 5.39. The van der Waals surface area contributed by atoms with Gasteiger partial charge in [-0.05, 0) is 12.5 Å². The van der Waals surface area contributed by atoms with Crippen molar-refractivity contribution in [2.75, 3.05) is 13.2 Å². The summed E-state index contributed by atoms with van der Waals surface area (Å²) in [5.41, 5.74) is 5.45. The second-order valence-electron chi connectivity index (χ2n) is 4.10. The Morgan fingerprint density at radius 3 is 2.35 bits per heavy atom. The highest BCUT2D eigenvalue weighted by atomic mass is 16.3. The monoisotopic (exact) mass is 238 g/mol. The normalized spacial score (nSPS) is 14.4. The number of hydrogen-bond donors (Lipinski definition) is 4. The van der Waals surface area contributed by atoms with Crippen molar-refractivity contribution in [3.63, 3.8) is 0 Å². The van der Waals surface area contributed by atoms with Gasteiger partial charge in [-0.25, -0.2) is 0 Å². The molecule has 0 aliphatic carbocycles. The van der Waals surface area contributed by atoms with Crippen LogP contribution in [0.1, 0.15) is 12.5 Å². The Kier molecular flexibility index (Phi) is 4.62. The van der Waals surface area contributed by atoms with Gasteiger partial charge in [0.25, 0.3) is 0 Å². The molecule has 0 saturated carbocycles. The average molecular weight is 238 g/mol. The second-order valence-corrected chi connectivity index (χ2v) is 4.10. The van der Waals surface area contributed by atoms with Crippen molar-refractivity contribution in [2.45, 2.75) is 18.5 Å². The maximum absolute atomic E-state index is 11.9. The standard InChI is InChI=1S/C12H18N2O3/c1-12(13,9-5-3-2-4-6-9)11(17)14-10(7-15)8-16/h2-6,10,15-16H,7-8,13H2,1H3,(H,14,17). The molecule has 5 N–H and O–H groups in total. The van der Waals surface area contributed by atoms with Gasteiger partial charge in [-0.1, -0.05) is 30.3 Å². The highest BCUT2D eigenvalue weighted by molar-refractivity contribution is 5.87. The van der Waals surface area contributed by atoms with Crippen LogP contribution in [0.25, 0.3) is 0 Å². The summed E-state index contributed by atoms with van der Waals surface area (Å²) in [5, 5.41) is 20.3. The van der Waals surface area contributed by atoms with Crippen LogP contribution in [0.4, 0.5) is 0 Å². The fraction of sp³-hybridized carbons (Fsp3) is 0.417. The maximum atomic E-state index is 11.9. The predicted octanol–water partition coefficient (Wildman–Crippen LogP) is -0.670. The molecule has 0 saturated heterocycles. The number of aliphatic hydroxyl groups is 2. The summed E-state index contributed by atoms with van der Waals surface area (Å²) >= 11 is 0. The first kappa shape index (κ1) is 13.6. The second kappa shape index (κ2) is 5.77. The zero-order valence-electron chi connectivity index (χ0n) is 9.76. The molecule has 0 aromatic heterocycles. The number of amides is 1. The quantitative estimate of drug-likeness (QED) is 0.547. The minimum absolute atomic E-state index is 0.326. The highest BCUT2D eigenvalue weighted by Crippen LogP contribution is 2.17. The van der Waals surface area contributed by atoms with Crippen molar-refractivity contribution in [2.24, 2.45) is 5.73 Å². The Morgan fingerprint density at radius 1 is 1.35 bits per heavy atom. The van der Waals surface area contributed by atoms with Crippen LogP contribution in [0.2, 0.25) is 0 Å². The number of hydrogen-bond acceptors (Lipinski definition) is 4. The average Bonchev–Trinajstić information content (AvgIpc) is 2.36. The lowest BCUT2D eigenvalue weighted by molar-refractivity contribution is -0.127. The summed E-state index contributed by atoms with van der Waals surface area (Å²) < 4.78 is 0. The van der Waals surface area contributed by atoms with Crippen LogP contribution in [-0.4, -0.2) is 35.4 Å². The van der Waals surface area contributed by atoms with Gasteiger partial charge in [0, 0.05) is 0 Å². The molecular formula is C12H18N2O3. The molecule has 94 valence electrons. The molecule has 17 heavy (non-hydrogen) atoms. The molecule has 0 bridgehead atoms. The van der Waals surface area contributed by atoms with E-state index in [9.17, 15) is 4.79 Å². The van der Waals surface area contributed by atoms with Gasteiger partial charge in [-0.3, -0.25) is 4.79 Å². The molecule has 0 aliphatic heterocycles. The summed E-state index contributed by atoms with van der Waals surface area (Å²) in [4.78, 5) is 11.9. The third-order valence-corrected chi connectivity index (χ3v) is 2.62. The van der Waals surface area contributed by atoms with Gasteiger partial charge in [-0.2, -0.15) is 0 Å². The Bertz CT molecular complexity index is 361. The summed E-state index contributed by atoms with van der Waals surface area (Å²) in [6.07, 6.45) is 0. The van der Waals surface area contributed by atoms with Gasteiger partial charge >= 0.3 is 0 Å². The van der Waals surface area contributed by atoms with Crippen molar-refractivity contribution < 1.29 is 15.0 Å². The first-order valence-corrected chi connectivity index (χ1v) is 5.39. The van der Waals surface area contributed by atoms with Gasteiger partial charge in [0.2, 0.25) is 5.91 Å². The molecule has 0 spiro atoms. The molecule has 1 rings (SSSR count). The van der Waals surface area contributed by atoms with Crippen LogP contribution >= 0.6 is 0 Å². The Balaban J connectivity index is 2.80. The molecule has 0 radical (unpaired) electrons. The van der Waals surface area contributed by atoms with Crippen LogP contribution in [0.3, 0.4) is 0 Å². The molecule has 1 atom stereocenters. The van der Waals surface area contributed by atoms with Crippen LogP contribution in [0.15, 0.2) is 30.3 Å². The Hall–Kier alpha value is -1.43. The number of rotatable bonds is 5. The molecule has 0 aliphatic rings. The fourth-order valence-corrected chi connectivity index (χ4v) is 1.40. The molecule has 1 unspecified atom stereocenters. The third kappa shape index (κ3) is 3.26. The lowest BCUT2D eigenvalue weighted by Crippen LogP contribution is -2.53. The lowest BCUT2D eigenvalue weighted by atomic mass is 9.92. The fourth-order valence-electron chi connectivity index (χ4n) is 1.40. The maximum Gasteiger partial charge on any atom is 0.244 e. The van der Waals surface area contributed by atoms with E-state index >= 15 is 0 Å². The van der Waals surface area contributed by atoms with Crippen molar-refractivity contribution >= 4 is 5.91 Å². The van der Waals surface area contributed by atoms with E-state index in [-0.39, 0.29) is 13.2 Å². The predicted molar refractivity (Wildman–Crippen MR) is 64.1 cm³/mol. The summed E-state index contributed by atoms with van der Waals surface area (Å²) in [5.74, 6) is -0.434. The third-order valence-electron chi connectivity index (χ3n) is 2.62. The molecule has 0 heterocycles. The zero-order valence-corrected chi connectivity index (χ0v) is 9.76. The van der Waals surface area contributed by atoms with Crippen LogP contribution < -0.4 is 11.1 Å². The van der Waals surface area contributed by atoms with E-state index in [1.165, 1.54) is 0 Å². The minimum Gasteiger partial charge on any atom is -0.394 e. The molecule has 1 amide bonds. The van der Waals surface area contributed by atoms with E-state index in [2.05, 4.69) is 5.32 Å². The number of nitrogens with two attached hydrogens (primary N) is 1. The largest absolute Gasteiger partial charge is 0.394 e. The number of carbonyl (C=O) groups excluding carboxylic acids is 1. The van der Waals surface area contributed by atoms with Gasteiger partial charge in [0.05, 0.1) is 19.3 Å². The van der Waals surface area contributed by atoms with E-state index in [4.69, 9.17) is 15.9 Å². The minimum atomic E-state index is -1.19. The number of aliphatic hydroxyl groups excluding tert-OH is 2. The summed E-state index contributed by atoms with van der Waals surface area (Å²) in [6, 6.07) is 8.25. The van der Waals surface area contributed by atoms with Crippen molar-refractivity contribution in [1.29, 1.82) is 0 Å². The molecule has 5 nitrogen and oxygen atoms in total. The number of carbonyl (C=O) groups is 1. The SMILES string of the molecule is CC(N)(C(=O)NC(CO)CO)c1ccccc1. The van der Waals surface area contributed by atoms with Crippen molar-refractivity contribution in [3.05, 3.63) is 35.9 Å². The van der Waals surface area contributed by atoms with E-state index in [0.717, 1.165) is 0 Å². The number of nitrogens with one attached hydrogen (secondary N) is 1. The zero-order chi connectivity index (χ0) is 12.9. The van der Waals surface area contributed by atoms with Crippen molar-refractivity contribution in [1.82, 2.24) is 5.32 Å². The summed E-state index contributed by atoms with van der Waals surface area (Å²) in [6.45, 7) is 0.934. The number of benzene rings is 1. The van der Waals surface area contributed by atoms with E-state index in [1.54, 1.807) is 31.2 Å². The van der Waals surface area contributed by atoms with E-state index in [1.807, 2.05) is 6.07 Å². The Labute approximate surface area is 100 Å². The first-order chi connectivity index (χ1) is 8.02. The molecule has 1 aromatic rings. The van der Waals surface area contributed by atoms with Crippen molar-refractivity contribution in [3.8, 4) is 0 Å². The Morgan fingerprint density at radius 2 is 1.88 bits per heavy atom.